The Kier molecular flexibility index (Phi) is 4.81. The first kappa shape index (κ1) is 18.9. The van der Waals surface area contributed by atoms with Gasteiger partial charge in [0, 0.05) is 19.3 Å². The molecule has 0 unspecified atom stereocenters. The molecule has 5 heteroatoms. The van der Waals surface area contributed by atoms with Crippen molar-refractivity contribution in [1.82, 2.24) is 0 Å². The van der Waals surface area contributed by atoms with Crippen LogP contribution in [0.4, 0.5) is 0 Å². The minimum absolute atomic E-state index is 0.00587. The molecule has 0 saturated carbocycles. The molecule has 148 valence electrons. The first-order valence-corrected chi connectivity index (χ1v) is 10.2. The number of benzene rings is 1. The van der Waals surface area contributed by atoms with E-state index in [4.69, 9.17) is 18.9 Å². The van der Waals surface area contributed by atoms with Crippen LogP contribution < -0.4 is 0 Å². The van der Waals surface area contributed by atoms with Crippen molar-refractivity contribution in [3.8, 4) is 0 Å². The average Bonchev–Trinajstić information content (AvgIpc) is 2.61. The topological polar surface area (TPSA) is 54.0 Å². The molecule has 5 atom stereocenters. The maximum Gasteiger partial charge on any atom is 0.341 e. The Morgan fingerprint density at radius 3 is 2.19 bits per heavy atom. The number of ether oxygens (including phenoxy) is 4. The zero-order valence-electron chi connectivity index (χ0n) is 16.5. The lowest BCUT2D eigenvalue weighted by atomic mass is 9.84. The molecule has 0 aromatic heterocycles. The number of esters is 1. The van der Waals surface area contributed by atoms with E-state index in [2.05, 4.69) is 6.92 Å². The van der Waals surface area contributed by atoms with Crippen molar-refractivity contribution in [2.45, 2.75) is 95.1 Å². The molecule has 3 aliphatic heterocycles. The average molecular weight is 374 g/mol. The van der Waals surface area contributed by atoms with Gasteiger partial charge in [-0.3, -0.25) is 0 Å². The summed E-state index contributed by atoms with van der Waals surface area (Å²) in [7, 11) is 0. The van der Waals surface area contributed by atoms with Crippen molar-refractivity contribution in [3.63, 3.8) is 0 Å². The zero-order valence-corrected chi connectivity index (χ0v) is 16.5. The Labute approximate surface area is 161 Å². The molecule has 0 bridgehead atoms. The van der Waals surface area contributed by atoms with E-state index in [1.807, 2.05) is 44.2 Å². The Hall–Kier alpha value is -1.43. The van der Waals surface area contributed by atoms with Crippen molar-refractivity contribution in [2.24, 2.45) is 0 Å². The van der Waals surface area contributed by atoms with Gasteiger partial charge in [-0.25, -0.2) is 4.79 Å². The third-order valence-electron chi connectivity index (χ3n) is 6.06. The van der Waals surface area contributed by atoms with Gasteiger partial charge in [-0.15, -0.1) is 0 Å². The van der Waals surface area contributed by atoms with Gasteiger partial charge in [-0.1, -0.05) is 30.3 Å². The van der Waals surface area contributed by atoms with E-state index in [0.717, 1.165) is 31.2 Å². The lowest BCUT2D eigenvalue weighted by Crippen LogP contribution is -2.73. The Morgan fingerprint density at radius 2 is 1.56 bits per heavy atom. The molecule has 1 aromatic rings. The molecule has 1 aromatic carbocycles. The molecule has 2 spiro atoms. The summed E-state index contributed by atoms with van der Waals surface area (Å²) in [5.74, 6) is -2.56. The van der Waals surface area contributed by atoms with Gasteiger partial charge < -0.3 is 18.9 Å². The Morgan fingerprint density at radius 1 is 0.963 bits per heavy atom. The van der Waals surface area contributed by atoms with Gasteiger partial charge in [0.15, 0.2) is 5.60 Å². The SMILES string of the molecule is C[C@H]1CCC[C@]2(OC(=O)[C@](C)(Cc3ccccc3)O[C@]23CCC[C@H](C)O3)O1. The van der Waals surface area contributed by atoms with Crippen LogP contribution in [0.3, 0.4) is 0 Å². The molecule has 4 rings (SSSR count). The van der Waals surface area contributed by atoms with Crippen LogP contribution >= 0.6 is 0 Å². The van der Waals surface area contributed by atoms with Gasteiger partial charge in [-0.2, -0.15) is 0 Å². The smallest absolute Gasteiger partial charge is 0.341 e. The summed E-state index contributed by atoms with van der Waals surface area (Å²) in [6.07, 6.45) is 5.57. The van der Waals surface area contributed by atoms with Crippen LogP contribution in [-0.2, 0) is 30.2 Å². The highest BCUT2D eigenvalue weighted by Crippen LogP contribution is 2.52. The van der Waals surface area contributed by atoms with Gasteiger partial charge in [-0.05, 0) is 52.0 Å². The summed E-state index contributed by atoms with van der Waals surface area (Å²) in [6.45, 7) is 5.88. The summed E-state index contributed by atoms with van der Waals surface area (Å²) in [5.41, 5.74) is -0.0712. The van der Waals surface area contributed by atoms with E-state index in [-0.39, 0.29) is 18.2 Å². The quantitative estimate of drug-likeness (QED) is 0.729. The van der Waals surface area contributed by atoms with Crippen LogP contribution in [0.25, 0.3) is 0 Å². The van der Waals surface area contributed by atoms with E-state index in [9.17, 15) is 4.79 Å². The largest absolute Gasteiger partial charge is 0.425 e. The molecule has 3 saturated heterocycles. The monoisotopic (exact) mass is 374 g/mol. The summed E-state index contributed by atoms with van der Waals surface area (Å²) in [6, 6.07) is 9.90. The molecule has 5 nitrogen and oxygen atoms in total. The summed E-state index contributed by atoms with van der Waals surface area (Å²) in [4.78, 5) is 13.1. The fourth-order valence-electron chi connectivity index (χ4n) is 4.75. The van der Waals surface area contributed by atoms with Crippen molar-refractivity contribution >= 4 is 5.97 Å². The Bertz CT molecular complexity index is 691. The zero-order chi connectivity index (χ0) is 19.1. The fraction of sp³-hybridized carbons (Fsp3) is 0.682. The number of hydrogen-bond donors (Lipinski definition) is 0. The normalized spacial score (nSPS) is 42.3. The number of carbonyl (C=O) groups is 1. The summed E-state index contributed by atoms with van der Waals surface area (Å²) in [5, 5.41) is 0. The first-order valence-electron chi connectivity index (χ1n) is 10.2. The van der Waals surface area contributed by atoms with Crippen LogP contribution in [0.1, 0.15) is 64.9 Å². The van der Waals surface area contributed by atoms with Gasteiger partial charge in [0.2, 0.25) is 5.79 Å². The fourth-order valence-corrected chi connectivity index (χ4v) is 4.75. The highest BCUT2D eigenvalue weighted by atomic mass is 16.8. The van der Waals surface area contributed by atoms with E-state index in [0.29, 0.717) is 19.3 Å². The van der Waals surface area contributed by atoms with Crippen molar-refractivity contribution < 1.29 is 23.7 Å². The second-order valence-electron chi connectivity index (χ2n) is 8.53. The van der Waals surface area contributed by atoms with E-state index in [1.54, 1.807) is 0 Å². The minimum atomic E-state index is -1.15. The number of fused-ring (bicyclic) bond motifs is 1. The second kappa shape index (κ2) is 6.87. The summed E-state index contributed by atoms with van der Waals surface area (Å²) >= 11 is 0. The maximum absolute atomic E-state index is 13.1. The molecule has 0 aliphatic carbocycles. The predicted molar refractivity (Wildman–Crippen MR) is 100.0 cm³/mol. The molecule has 0 amide bonds. The van der Waals surface area contributed by atoms with Gasteiger partial charge in [0.1, 0.15) is 0 Å². The van der Waals surface area contributed by atoms with E-state index >= 15 is 0 Å². The highest BCUT2D eigenvalue weighted by Gasteiger charge is 2.68. The van der Waals surface area contributed by atoms with E-state index in [1.165, 1.54) is 0 Å². The van der Waals surface area contributed by atoms with Crippen molar-refractivity contribution in [2.75, 3.05) is 0 Å². The van der Waals surface area contributed by atoms with Crippen LogP contribution in [0.2, 0.25) is 0 Å². The lowest BCUT2D eigenvalue weighted by Gasteiger charge is -2.58. The molecule has 3 fully saturated rings. The van der Waals surface area contributed by atoms with Crippen LogP contribution in [-0.4, -0.2) is 35.4 Å². The van der Waals surface area contributed by atoms with Gasteiger partial charge in [0.05, 0.1) is 12.2 Å². The first-order chi connectivity index (χ1) is 12.9. The lowest BCUT2D eigenvalue weighted by molar-refractivity contribution is -0.468. The third-order valence-corrected chi connectivity index (χ3v) is 6.06. The minimum Gasteiger partial charge on any atom is -0.425 e. The Balaban J connectivity index is 1.70. The second-order valence-corrected chi connectivity index (χ2v) is 8.53. The molecular weight excluding hydrogens is 344 g/mol. The molecule has 3 aliphatic rings. The number of hydrogen-bond acceptors (Lipinski definition) is 5. The van der Waals surface area contributed by atoms with Gasteiger partial charge >= 0.3 is 5.97 Å². The molecular formula is C22H30O5. The number of carbonyl (C=O) groups excluding carboxylic acids is 1. The van der Waals surface area contributed by atoms with Crippen LogP contribution in [0, 0.1) is 0 Å². The van der Waals surface area contributed by atoms with Gasteiger partial charge in [0.25, 0.3) is 5.79 Å². The summed E-state index contributed by atoms with van der Waals surface area (Å²) < 4.78 is 25.4. The highest BCUT2D eigenvalue weighted by molar-refractivity contribution is 5.81. The van der Waals surface area contributed by atoms with E-state index < -0.39 is 17.2 Å². The molecule has 27 heavy (non-hydrogen) atoms. The maximum atomic E-state index is 13.1. The van der Waals surface area contributed by atoms with Crippen molar-refractivity contribution in [3.05, 3.63) is 35.9 Å². The molecule has 0 radical (unpaired) electrons. The van der Waals surface area contributed by atoms with Crippen LogP contribution in [0.15, 0.2) is 30.3 Å². The predicted octanol–water partition coefficient (Wildman–Crippen LogP) is 4.13. The third kappa shape index (κ3) is 3.30. The standard InChI is InChI=1S/C22H30O5/c1-16-9-7-13-21(24-16)22(14-8-10-17(2)25-22)27-20(3,19(23)26-21)15-18-11-5-4-6-12-18/h4-6,11-12,16-17H,7-10,13-15H2,1-3H3/t16-,17-,20-,21+,22+/m0/s1. The molecule has 3 heterocycles. The molecule has 0 N–H and O–H groups in total. The van der Waals surface area contributed by atoms with Crippen molar-refractivity contribution in [1.29, 1.82) is 0 Å². The number of rotatable bonds is 2. The van der Waals surface area contributed by atoms with Crippen LogP contribution in [0.5, 0.6) is 0 Å².